The number of carbonyl (C=O) groups is 4. The van der Waals surface area contributed by atoms with Crippen LogP contribution in [0.1, 0.15) is 19.3 Å². The van der Waals surface area contributed by atoms with Crippen molar-refractivity contribution >= 4 is 81.1 Å². The van der Waals surface area contributed by atoms with Crippen molar-refractivity contribution in [3.05, 3.63) is 67.0 Å². The van der Waals surface area contributed by atoms with Gasteiger partial charge in [-0.15, -0.1) is 22.7 Å². The Kier molecular flexibility index (Phi) is 9.81. The van der Waals surface area contributed by atoms with Crippen LogP contribution in [0, 0.1) is 0 Å². The molecule has 14 heteroatoms. The van der Waals surface area contributed by atoms with Crippen molar-refractivity contribution in [2.75, 3.05) is 49.7 Å². The summed E-state index contributed by atoms with van der Waals surface area (Å²) in [7, 11) is 1.51. The number of nitrogens with zero attached hydrogens (tertiary/aromatic N) is 2. The Labute approximate surface area is 242 Å². The third kappa shape index (κ3) is 7.49. The van der Waals surface area contributed by atoms with Gasteiger partial charge in [-0.2, -0.15) is 0 Å². The van der Waals surface area contributed by atoms with E-state index in [4.69, 9.17) is 32.7 Å². The number of halogens is 2. The Bertz CT molecular complexity index is 1350. The standard InChI is InChI=1S/C25H24Cl2N4O6S2/c1-28-22(32)14-36-11-10-30(24(34)19-7-9-21(27)39-19)15-2-4-16(5-3-15)31-13-17(37-25(31)35)12-29-23(33)18-6-8-20(26)38-18/h2-9,17H,10-14H2,1H3,(H,28,32)(H,29,33). The number of hydrogen-bond acceptors (Lipinski definition) is 8. The number of anilines is 2. The minimum absolute atomic E-state index is 0.123. The summed E-state index contributed by atoms with van der Waals surface area (Å²) >= 11 is 14.2. The normalized spacial score (nSPS) is 14.7. The van der Waals surface area contributed by atoms with Gasteiger partial charge in [-0.3, -0.25) is 19.3 Å². The highest BCUT2D eigenvalue weighted by molar-refractivity contribution is 7.18. The number of ether oxygens (including phenoxy) is 2. The van der Waals surface area contributed by atoms with E-state index in [9.17, 15) is 19.2 Å². The van der Waals surface area contributed by atoms with E-state index in [-0.39, 0.29) is 50.6 Å². The average Bonchev–Trinajstić information content (AvgIpc) is 3.66. The van der Waals surface area contributed by atoms with Crippen LogP contribution < -0.4 is 20.4 Å². The molecule has 3 heterocycles. The summed E-state index contributed by atoms with van der Waals surface area (Å²) in [5.74, 6) is -0.831. The predicted octanol–water partition coefficient (Wildman–Crippen LogP) is 4.28. The number of thiophene rings is 2. The Hall–Kier alpha value is -3.16. The molecule has 1 aliphatic heterocycles. The van der Waals surface area contributed by atoms with Crippen molar-refractivity contribution in [3.8, 4) is 0 Å². The molecule has 206 valence electrons. The summed E-state index contributed by atoms with van der Waals surface area (Å²) in [6.07, 6.45) is -1.07. The van der Waals surface area contributed by atoms with Gasteiger partial charge in [0.15, 0.2) is 0 Å². The Balaban J connectivity index is 1.40. The number of carbonyl (C=O) groups excluding carboxylic acids is 4. The first-order valence-electron chi connectivity index (χ1n) is 11.7. The minimum Gasteiger partial charge on any atom is -0.442 e. The first-order valence-corrected chi connectivity index (χ1v) is 14.1. The number of nitrogens with one attached hydrogen (secondary N) is 2. The Morgan fingerprint density at radius 3 is 2.33 bits per heavy atom. The molecule has 0 aliphatic carbocycles. The molecular weight excluding hydrogens is 587 g/mol. The van der Waals surface area contributed by atoms with E-state index in [1.54, 1.807) is 48.5 Å². The van der Waals surface area contributed by atoms with Gasteiger partial charge in [-0.25, -0.2) is 4.79 Å². The molecule has 4 amide bonds. The van der Waals surface area contributed by atoms with Crippen molar-refractivity contribution in [2.45, 2.75) is 6.10 Å². The molecule has 0 radical (unpaired) electrons. The van der Waals surface area contributed by atoms with Crippen LogP contribution in [0.3, 0.4) is 0 Å². The lowest BCUT2D eigenvalue weighted by atomic mass is 10.2. The average molecular weight is 612 g/mol. The molecule has 1 saturated heterocycles. The topological polar surface area (TPSA) is 117 Å². The number of hydrogen-bond donors (Lipinski definition) is 2. The maximum atomic E-state index is 13.2. The summed E-state index contributed by atoms with van der Waals surface area (Å²) in [5, 5.41) is 5.23. The van der Waals surface area contributed by atoms with Gasteiger partial charge in [0.25, 0.3) is 11.8 Å². The lowest BCUT2D eigenvalue weighted by Gasteiger charge is -2.23. The first-order chi connectivity index (χ1) is 18.7. The van der Waals surface area contributed by atoms with Crippen LogP contribution in [0.2, 0.25) is 8.67 Å². The van der Waals surface area contributed by atoms with E-state index in [0.29, 0.717) is 29.8 Å². The summed E-state index contributed by atoms with van der Waals surface area (Å²) in [6.45, 7) is 0.586. The fourth-order valence-corrected chi connectivity index (χ4v) is 5.64. The Morgan fingerprint density at radius 2 is 1.72 bits per heavy atom. The van der Waals surface area contributed by atoms with Gasteiger partial charge in [-0.05, 0) is 48.5 Å². The van der Waals surface area contributed by atoms with Gasteiger partial charge in [0, 0.05) is 25.0 Å². The zero-order valence-corrected chi connectivity index (χ0v) is 23.8. The van der Waals surface area contributed by atoms with Crippen LogP contribution in [0.25, 0.3) is 0 Å². The first kappa shape index (κ1) is 28.8. The molecule has 10 nitrogen and oxygen atoms in total. The third-order valence-corrected chi connectivity index (χ3v) is 8.08. The summed E-state index contributed by atoms with van der Waals surface area (Å²) < 4.78 is 11.8. The summed E-state index contributed by atoms with van der Waals surface area (Å²) in [5.41, 5.74) is 1.15. The van der Waals surface area contributed by atoms with E-state index in [2.05, 4.69) is 10.6 Å². The molecule has 1 aromatic carbocycles. The highest BCUT2D eigenvalue weighted by Gasteiger charge is 2.33. The van der Waals surface area contributed by atoms with Crippen LogP contribution in [0.15, 0.2) is 48.5 Å². The highest BCUT2D eigenvalue weighted by atomic mass is 35.5. The van der Waals surface area contributed by atoms with Crippen molar-refractivity contribution in [1.82, 2.24) is 10.6 Å². The fourth-order valence-electron chi connectivity index (χ4n) is 3.68. The summed E-state index contributed by atoms with van der Waals surface area (Å²) in [4.78, 5) is 53.4. The van der Waals surface area contributed by atoms with Gasteiger partial charge in [0.05, 0.1) is 38.1 Å². The molecule has 4 rings (SSSR count). The molecule has 0 bridgehead atoms. The molecule has 1 aliphatic rings. The maximum absolute atomic E-state index is 13.2. The van der Waals surface area contributed by atoms with E-state index in [1.807, 2.05) is 0 Å². The molecule has 2 N–H and O–H groups in total. The van der Waals surface area contributed by atoms with E-state index in [0.717, 1.165) is 11.3 Å². The number of cyclic esters (lactones) is 1. The third-order valence-electron chi connectivity index (χ3n) is 5.63. The van der Waals surface area contributed by atoms with Crippen LogP contribution >= 0.6 is 45.9 Å². The molecule has 0 spiro atoms. The number of rotatable bonds is 11. The van der Waals surface area contributed by atoms with E-state index < -0.39 is 12.2 Å². The highest BCUT2D eigenvalue weighted by Crippen LogP contribution is 2.28. The van der Waals surface area contributed by atoms with E-state index in [1.165, 1.54) is 28.2 Å². The van der Waals surface area contributed by atoms with Crippen molar-refractivity contribution < 1.29 is 28.7 Å². The fraction of sp³-hybridized carbons (Fsp3) is 0.280. The molecule has 2 aromatic heterocycles. The van der Waals surface area contributed by atoms with E-state index >= 15 is 0 Å². The SMILES string of the molecule is CNC(=O)COCCN(C(=O)c1ccc(Cl)s1)c1ccc(N2CC(CNC(=O)c3ccc(Cl)s3)OC2=O)cc1. The minimum atomic E-state index is -0.537. The molecule has 0 saturated carbocycles. The zero-order valence-electron chi connectivity index (χ0n) is 20.6. The van der Waals surface area contributed by atoms with Crippen molar-refractivity contribution in [2.24, 2.45) is 0 Å². The molecule has 1 unspecified atom stereocenters. The Morgan fingerprint density at radius 1 is 1.05 bits per heavy atom. The number of likely N-dealkylation sites (N-methyl/N-ethyl adjacent to an activating group) is 1. The van der Waals surface area contributed by atoms with Crippen LogP contribution in [0.5, 0.6) is 0 Å². The van der Waals surface area contributed by atoms with Crippen molar-refractivity contribution in [1.29, 1.82) is 0 Å². The lowest BCUT2D eigenvalue weighted by Crippen LogP contribution is -2.35. The van der Waals surface area contributed by atoms with Gasteiger partial charge in [0.1, 0.15) is 12.7 Å². The van der Waals surface area contributed by atoms with Gasteiger partial charge in [-0.1, -0.05) is 23.2 Å². The molecular formula is C25H24Cl2N4O6S2. The van der Waals surface area contributed by atoms with Crippen LogP contribution in [-0.4, -0.2) is 69.8 Å². The molecule has 1 fully saturated rings. The van der Waals surface area contributed by atoms with Crippen LogP contribution in [-0.2, 0) is 14.3 Å². The second-order valence-corrected chi connectivity index (χ2v) is 11.7. The lowest BCUT2D eigenvalue weighted by molar-refractivity contribution is -0.125. The van der Waals surface area contributed by atoms with Crippen LogP contribution in [0.4, 0.5) is 16.2 Å². The zero-order chi connectivity index (χ0) is 27.9. The molecule has 39 heavy (non-hydrogen) atoms. The van der Waals surface area contributed by atoms with Gasteiger partial charge in [0.2, 0.25) is 5.91 Å². The summed E-state index contributed by atoms with van der Waals surface area (Å²) in [6, 6.07) is 13.4. The predicted molar refractivity (Wildman–Crippen MR) is 152 cm³/mol. The van der Waals surface area contributed by atoms with Crippen molar-refractivity contribution in [3.63, 3.8) is 0 Å². The monoisotopic (exact) mass is 610 g/mol. The maximum Gasteiger partial charge on any atom is 0.414 e. The largest absolute Gasteiger partial charge is 0.442 e. The quantitative estimate of drug-likeness (QED) is 0.313. The van der Waals surface area contributed by atoms with Gasteiger partial charge < -0.3 is 25.0 Å². The number of amides is 4. The second-order valence-electron chi connectivity index (χ2n) is 8.23. The van der Waals surface area contributed by atoms with Gasteiger partial charge >= 0.3 is 6.09 Å². The molecule has 3 aromatic rings. The second kappa shape index (κ2) is 13.3. The molecule has 1 atom stereocenters. The number of benzene rings is 1. The smallest absolute Gasteiger partial charge is 0.414 e.